The highest BCUT2D eigenvalue weighted by Gasteiger charge is 2.09. The first-order valence-electron chi connectivity index (χ1n) is 6.87. The molecule has 0 radical (unpaired) electrons. The van der Waals surface area contributed by atoms with Crippen LogP contribution in [-0.2, 0) is 0 Å². The van der Waals surface area contributed by atoms with Crippen molar-refractivity contribution in [2.75, 3.05) is 17.2 Å². The predicted molar refractivity (Wildman–Crippen MR) is 82.1 cm³/mol. The van der Waals surface area contributed by atoms with E-state index in [0.29, 0.717) is 11.3 Å². The number of carbonyl (C=O) groups excluding carboxylic acids is 1. The van der Waals surface area contributed by atoms with Crippen LogP contribution in [0.3, 0.4) is 0 Å². The average molecular weight is 287 g/mol. The van der Waals surface area contributed by atoms with E-state index in [9.17, 15) is 9.18 Å². The predicted octanol–water partition coefficient (Wildman–Crippen LogP) is 3.60. The summed E-state index contributed by atoms with van der Waals surface area (Å²) >= 11 is 0. The third-order valence-electron chi connectivity index (χ3n) is 3.03. The van der Waals surface area contributed by atoms with Crippen molar-refractivity contribution in [3.8, 4) is 0 Å². The van der Waals surface area contributed by atoms with Crippen molar-refractivity contribution in [1.29, 1.82) is 0 Å². The third-order valence-corrected chi connectivity index (χ3v) is 3.03. The number of hydrogen-bond donors (Lipinski definition) is 2. The minimum Gasteiger partial charge on any atom is -0.370 e. The van der Waals surface area contributed by atoms with Gasteiger partial charge in [-0.1, -0.05) is 13.0 Å². The van der Waals surface area contributed by atoms with Crippen molar-refractivity contribution in [1.82, 2.24) is 4.98 Å². The number of carbonyl (C=O) groups is 1. The van der Waals surface area contributed by atoms with Crippen molar-refractivity contribution in [3.63, 3.8) is 0 Å². The van der Waals surface area contributed by atoms with Gasteiger partial charge in [0.15, 0.2) is 0 Å². The molecule has 1 aromatic heterocycles. The van der Waals surface area contributed by atoms with Crippen molar-refractivity contribution in [2.45, 2.75) is 20.3 Å². The molecule has 2 N–H and O–H groups in total. The lowest BCUT2D eigenvalue weighted by molar-refractivity contribution is 0.102. The van der Waals surface area contributed by atoms with Crippen LogP contribution in [0.25, 0.3) is 0 Å². The van der Waals surface area contributed by atoms with Gasteiger partial charge in [0.2, 0.25) is 0 Å². The molecule has 0 unspecified atom stereocenters. The van der Waals surface area contributed by atoms with Gasteiger partial charge in [-0.15, -0.1) is 0 Å². The summed E-state index contributed by atoms with van der Waals surface area (Å²) in [7, 11) is 0. The summed E-state index contributed by atoms with van der Waals surface area (Å²) in [6, 6.07) is 7.73. The number of nitrogens with zero attached hydrogens (tertiary/aromatic N) is 1. The monoisotopic (exact) mass is 287 g/mol. The number of benzene rings is 1. The molecule has 5 heteroatoms. The zero-order valence-corrected chi connectivity index (χ0v) is 12.1. The zero-order chi connectivity index (χ0) is 15.2. The fraction of sp³-hybridized carbons (Fsp3) is 0.250. The molecule has 0 atom stereocenters. The normalized spacial score (nSPS) is 10.2. The Morgan fingerprint density at radius 2 is 2.10 bits per heavy atom. The van der Waals surface area contributed by atoms with Crippen LogP contribution in [0.2, 0.25) is 0 Å². The molecule has 2 rings (SSSR count). The molecule has 1 amide bonds. The summed E-state index contributed by atoms with van der Waals surface area (Å²) in [6.07, 6.45) is 2.50. The second kappa shape index (κ2) is 6.83. The number of nitrogens with one attached hydrogen (secondary N) is 2. The van der Waals surface area contributed by atoms with Crippen molar-refractivity contribution in [2.24, 2.45) is 0 Å². The number of amides is 1. The number of rotatable bonds is 5. The van der Waals surface area contributed by atoms with Gasteiger partial charge in [0.25, 0.3) is 5.91 Å². The molecular weight excluding hydrogens is 269 g/mol. The summed E-state index contributed by atoms with van der Waals surface area (Å²) in [6.45, 7) is 4.71. The van der Waals surface area contributed by atoms with Gasteiger partial charge in [-0.25, -0.2) is 9.37 Å². The number of anilines is 2. The number of hydrogen-bond acceptors (Lipinski definition) is 3. The summed E-state index contributed by atoms with van der Waals surface area (Å²) in [5.74, 6) is 0.0433. The summed E-state index contributed by atoms with van der Waals surface area (Å²) in [4.78, 5) is 16.3. The Kier molecular flexibility index (Phi) is 4.87. The van der Waals surface area contributed by atoms with E-state index in [1.807, 2.05) is 6.92 Å². The van der Waals surface area contributed by atoms with E-state index in [2.05, 4.69) is 22.5 Å². The number of halogens is 1. The second-order valence-corrected chi connectivity index (χ2v) is 4.77. The third kappa shape index (κ3) is 4.02. The Bertz CT molecular complexity index is 626. The first-order chi connectivity index (χ1) is 10.1. The smallest absolute Gasteiger partial charge is 0.257 e. The molecule has 0 aliphatic carbocycles. The molecule has 110 valence electrons. The minimum atomic E-state index is -0.381. The second-order valence-electron chi connectivity index (χ2n) is 4.77. The van der Waals surface area contributed by atoms with Crippen LogP contribution in [0.5, 0.6) is 0 Å². The standard InChI is InChI=1S/C16H18FN3O/c1-3-8-18-15-7-5-12(10-19-15)16(21)20-14-9-13(17)6-4-11(14)2/h4-7,9-10H,3,8H2,1-2H3,(H,18,19)(H,20,21). The molecule has 2 aromatic rings. The molecule has 4 nitrogen and oxygen atoms in total. The largest absolute Gasteiger partial charge is 0.370 e. The molecule has 0 aliphatic heterocycles. The van der Waals surface area contributed by atoms with Crippen molar-refractivity contribution >= 4 is 17.4 Å². The highest BCUT2D eigenvalue weighted by atomic mass is 19.1. The summed E-state index contributed by atoms with van der Waals surface area (Å²) < 4.78 is 13.2. The van der Waals surface area contributed by atoms with E-state index in [1.165, 1.54) is 18.3 Å². The average Bonchev–Trinajstić information content (AvgIpc) is 2.49. The van der Waals surface area contributed by atoms with Gasteiger partial charge in [-0.3, -0.25) is 4.79 Å². The van der Waals surface area contributed by atoms with Crippen LogP contribution in [0.1, 0.15) is 29.3 Å². The fourth-order valence-corrected chi connectivity index (χ4v) is 1.81. The molecule has 0 spiro atoms. The van der Waals surface area contributed by atoms with Gasteiger partial charge in [0.1, 0.15) is 11.6 Å². The zero-order valence-electron chi connectivity index (χ0n) is 12.1. The molecule has 21 heavy (non-hydrogen) atoms. The van der Waals surface area contributed by atoms with Crippen LogP contribution in [-0.4, -0.2) is 17.4 Å². The highest BCUT2D eigenvalue weighted by molar-refractivity contribution is 6.04. The van der Waals surface area contributed by atoms with E-state index < -0.39 is 0 Å². The van der Waals surface area contributed by atoms with Gasteiger partial charge in [0, 0.05) is 18.4 Å². The highest BCUT2D eigenvalue weighted by Crippen LogP contribution is 2.17. The fourth-order valence-electron chi connectivity index (χ4n) is 1.81. The van der Waals surface area contributed by atoms with Gasteiger partial charge in [-0.2, -0.15) is 0 Å². The molecule has 0 bridgehead atoms. The molecular formula is C16H18FN3O. The first kappa shape index (κ1) is 15.0. The van der Waals surface area contributed by atoms with Crippen molar-refractivity contribution in [3.05, 3.63) is 53.5 Å². The Balaban J connectivity index is 2.07. The van der Waals surface area contributed by atoms with Crippen LogP contribution in [0, 0.1) is 12.7 Å². The van der Waals surface area contributed by atoms with Crippen LogP contribution < -0.4 is 10.6 Å². The lowest BCUT2D eigenvalue weighted by Gasteiger charge is -2.09. The van der Waals surface area contributed by atoms with Gasteiger partial charge < -0.3 is 10.6 Å². The van der Waals surface area contributed by atoms with Crippen LogP contribution >= 0.6 is 0 Å². The lowest BCUT2D eigenvalue weighted by atomic mass is 10.2. The number of aryl methyl sites for hydroxylation is 1. The molecule has 1 heterocycles. The maximum atomic E-state index is 13.2. The van der Waals surface area contributed by atoms with Crippen LogP contribution in [0.15, 0.2) is 36.5 Å². The lowest BCUT2D eigenvalue weighted by Crippen LogP contribution is -2.13. The van der Waals surface area contributed by atoms with Gasteiger partial charge >= 0.3 is 0 Å². The quantitative estimate of drug-likeness (QED) is 0.883. The summed E-state index contributed by atoms with van der Waals surface area (Å²) in [5, 5.41) is 5.82. The maximum Gasteiger partial charge on any atom is 0.257 e. The topological polar surface area (TPSA) is 54.0 Å². The van der Waals surface area contributed by atoms with Crippen molar-refractivity contribution < 1.29 is 9.18 Å². The Hall–Kier alpha value is -2.43. The van der Waals surface area contributed by atoms with E-state index in [0.717, 1.165) is 24.3 Å². The SMILES string of the molecule is CCCNc1ccc(C(=O)Nc2cc(F)ccc2C)cn1. The molecule has 0 fully saturated rings. The van der Waals surface area contributed by atoms with Gasteiger partial charge in [-0.05, 0) is 43.2 Å². The molecule has 1 aromatic carbocycles. The maximum absolute atomic E-state index is 13.2. The van der Waals surface area contributed by atoms with E-state index in [4.69, 9.17) is 0 Å². The van der Waals surface area contributed by atoms with E-state index >= 15 is 0 Å². The Morgan fingerprint density at radius 3 is 2.76 bits per heavy atom. The van der Waals surface area contributed by atoms with Gasteiger partial charge in [0.05, 0.1) is 5.56 Å². The van der Waals surface area contributed by atoms with E-state index in [1.54, 1.807) is 18.2 Å². The molecule has 0 saturated heterocycles. The molecule has 0 aliphatic rings. The molecule has 0 saturated carbocycles. The van der Waals surface area contributed by atoms with E-state index in [-0.39, 0.29) is 11.7 Å². The number of aromatic nitrogens is 1. The Labute approximate surface area is 123 Å². The minimum absolute atomic E-state index is 0.307. The first-order valence-corrected chi connectivity index (χ1v) is 6.87. The number of pyridine rings is 1. The summed E-state index contributed by atoms with van der Waals surface area (Å²) in [5.41, 5.74) is 1.70. The van der Waals surface area contributed by atoms with Crippen LogP contribution in [0.4, 0.5) is 15.9 Å². The Morgan fingerprint density at radius 1 is 1.29 bits per heavy atom.